The van der Waals surface area contributed by atoms with Gasteiger partial charge in [-0.25, -0.2) is 4.39 Å². The van der Waals surface area contributed by atoms with Crippen LogP contribution >= 0.6 is 15.9 Å². The van der Waals surface area contributed by atoms with E-state index in [0.717, 1.165) is 31.6 Å². The van der Waals surface area contributed by atoms with Crippen LogP contribution in [0.25, 0.3) is 0 Å². The summed E-state index contributed by atoms with van der Waals surface area (Å²) in [7, 11) is 0. The van der Waals surface area contributed by atoms with Gasteiger partial charge in [-0.3, -0.25) is 0 Å². The molecule has 17 heavy (non-hydrogen) atoms. The minimum atomic E-state index is -0.221. The lowest BCUT2D eigenvalue weighted by Gasteiger charge is -2.20. The number of benzene rings is 1. The lowest BCUT2D eigenvalue weighted by atomic mass is 10.1. The molecule has 0 spiro atoms. The third-order valence-electron chi connectivity index (χ3n) is 3.13. The molecule has 2 atom stereocenters. The molecular formula is C13H17BrFNO. The largest absolute Gasteiger partial charge is 0.377 e. The second-order valence-corrected chi connectivity index (χ2v) is 5.32. The number of rotatable bonds is 4. The van der Waals surface area contributed by atoms with Gasteiger partial charge in [0.1, 0.15) is 5.82 Å². The van der Waals surface area contributed by atoms with Gasteiger partial charge in [-0.05, 0) is 53.4 Å². The zero-order chi connectivity index (χ0) is 12.3. The van der Waals surface area contributed by atoms with E-state index in [1.165, 1.54) is 6.07 Å². The zero-order valence-corrected chi connectivity index (χ0v) is 11.5. The van der Waals surface area contributed by atoms with Crippen LogP contribution in [0, 0.1) is 5.82 Å². The first kappa shape index (κ1) is 13.0. The summed E-state index contributed by atoms with van der Waals surface area (Å²) in [5.41, 5.74) is 1.07. The zero-order valence-electron chi connectivity index (χ0n) is 9.88. The fourth-order valence-electron chi connectivity index (χ4n) is 2.06. The van der Waals surface area contributed by atoms with Crippen LogP contribution in [-0.2, 0) is 11.3 Å². The monoisotopic (exact) mass is 301 g/mol. The maximum atomic E-state index is 13.1. The van der Waals surface area contributed by atoms with Crippen LogP contribution in [0.3, 0.4) is 0 Å². The predicted octanol–water partition coefficient (Wildman–Crippen LogP) is 3.25. The van der Waals surface area contributed by atoms with Crippen LogP contribution in [0.4, 0.5) is 4.39 Å². The van der Waals surface area contributed by atoms with Crippen LogP contribution < -0.4 is 5.32 Å². The standard InChI is InChI=1S/C13H17BrFNO/c1-9(13-3-2-6-17-13)16-8-10-4-5-12(15)11(14)7-10/h4-5,7,9,13,16H,2-3,6,8H2,1H3. The Morgan fingerprint density at radius 2 is 2.41 bits per heavy atom. The highest BCUT2D eigenvalue weighted by atomic mass is 79.9. The molecule has 0 amide bonds. The summed E-state index contributed by atoms with van der Waals surface area (Å²) in [6.45, 7) is 3.74. The quantitative estimate of drug-likeness (QED) is 0.922. The Hall–Kier alpha value is -0.450. The van der Waals surface area contributed by atoms with Gasteiger partial charge in [0.05, 0.1) is 10.6 Å². The molecule has 0 aromatic heterocycles. The van der Waals surface area contributed by atoms with Crippen molar-refractivity contribution in [3.8, 4) is 0 Å². The van der Waals surface area contributed by atoms with Crippen molar-refractivity contribution in [2.75, 3.05) is 6.61 Å². The van der Waals surface area contributed by atoms with Gasteiger partial charge in [0, 0.05) is 19.2 Å². The van der Waals surface area contributed by atoms with E-state index in [0.29, 0.717) is 16.6 Å². The van der Waals surface area contributed by atoms with Gasteiger partial charge in [0.25, 0.3) is 0 Å². The minimum Gasteiger partial charge on any atom is -0.377 e. The number of halogens is 2. The fourth-order valence-corrected chi connectivity index (χ4v) is 2.48. The molecule has 1 aliphatic rings. The van der Waals surface area contributed by atoms with Crippen molar-refractivity contribution >= 4 is 15.9 Å². The molecule has 2 rings (SSSR count). The highest BCUT2D eigenvalue weighted by Gasteiger charge is 2.21. The number of hydrogen-bond donors (Lipinski definition) is 1. The molecule has 1 heterocycles. The molecule has 1 aromatic carbocycles. The lowest BCUT2D eigenvalue weighted by Crippen LogP contribution is -2.36. The summed E-state index contributed by atoms with van der Waals surface area (Å²) in [6, 6.07) is 5.43. The molecule has 94 valence electrons. The highest BCUT2D eigenvalue weighted by Crippen LogP contribution is 2.18. The maximum absolute atomic E-state index is 13.1. The normalized spacial score (nSPS) is 21.7. The fraction of sp³-hybridized carbons (Fsp3) is 0.538. The molecule has 1 fully saturated rings. The molecule has 0 bridgehead atoms. The van der Waals surface area contributed by atoms with Gasteiger partial charge < -0.3 is 10.1 Å². The second-order valence-electron chi connectivity index (χ2n) is 4.47. The van der Waals surface area contributed by atoms with E-state index in [1.54, 1.807) is 6.07 Å². The van der Waals surface area contributed by atoms with Gasteiger partial charge >= 0.3 is 0 Å². The first-order chi connectivity index (χ1) is 8.16. The van der Waals surface area contributed by atoms with Gasteiger partial charge in [0.15, 0.2) is 0 Å². The van der Waals surface area contributed by atoms with E-state index < -0.39 is 0 Å². The summed E-state index contributed by atoms with van der Waals surface area (Å²) in [4.78, 5) is 0. The van der Waals surface area contributed by atoms with Crippen LogP contribution in [0.15, 0.2) is 22.7 Å². The van der Waals surface area contributed by atoms with Crippen LogP contribution in [0.1, 0.15) is 25.3 Å². The van der Waals surface area contributed by atoms with Gasteiger partial charge in [-0.2, -0.15) is 0 Å². The first-order valence-electron chi connectivity index (χ1n) is 5.96. The van der Waals surface area contributed by atoms with Crippen molar-refractivity contribution in [2.24, 2.45) is 0 Å². The van der Waals surface area contributed by atoms with Crippen LogP contribution in [0.5, 0.6) is 0 Å². The van der Waals surface area contributed by atoms with E-state index in [9.17, 15) is 4.39 Å². The van der Waals surface area contributed by atoms with E-state index in [4.69, 9.17) is 4.74 Å². The van der Waals surface area contributed by atoms with Gasteiger partial charge in [-0.1, -0.05) is 6.07 Å². The number of ether oxygens (including phenoxy) is 1. The molecular weight excluding hydrogens is 285 g/mol. The van der Waals surface area contributed by atoms with Crippen molar-refractivity contribution in [3.63, 3.8) is 0 Å². The molecule has 4 heteroatoms. The average Bonchev–Trinajstić information content (AvgIpc) is 2.84. The van der Waals surface area contributed by atoms with Crippen molar-refractivity contribution < 1.29 is 9.13 Å². The summed E-state index contributed by atoms with van der Waals surface area (Å²) < 4.78 is 19.2. The number of hydrogen-bond acceptors (Lipinski definition) is 2. The molecule has 2 unspecified atom stereocenters. The second kappa shape index (κ2) is 5.94. The summed E-state index contributed by atoms with van der Waals surface area (Å²) >= 11 is 3.19. The van der Waals surface area contributed by atoms with Crippen LogP contribution in [0.2, 0.25) is 0 Å². The Labute approximate surface area is 110 Å². The molecule has 0 radical (unpaired) electrons. The SMILES string of the molecule is CC(NCc1ccc(F)c(Br)c1)C1CCCO1. The first-order valence-corrected chi connectivity index (χ1v) is 6.75. The van der Waals surface area contributed by atoms with Gasteiger partial charge in [0.2, 0.25) is 0 Å². The molecule has 1 saturated heterocycles. The Morgan fingerprint density at radius 3 is 3.06 bits per heavy atom. The maximum Gasteiger partial charge on any atom is 0.137 e. The van der Waals surface area contributed by atoms with E-state index >= 15 is 0 Å². The Kier molecular flexibility index (Phi) is 4.54. The van der Waals surface area contributed by atoms with Crippen molar-refractivity contribution in [3.05, 3.63) is 34.1 Å². The van der Waals surface area contributed by atoms with Crippen molar-refractivity contribution in [2.45, 2.75) is 38.5 Å². The smallest absolute Gasteiger partial charge is 0.137 e. The van der Waals surface area contributed by atoms with E-state index in [2.05, 4.69) is 28.2 Å². The summed E-state index contributed by atoms with van der Waals surface area (Å²) in [5.74, 6) is -0.221. The average molecular weight is 302 g/mol. The molecule has 1 aromatic rings. The summed E-state index contributed by atoms with van der Waals surface area (Å²) in [6.07, 6.45) is 2.60. The minimum absolute atomic E-state index is 0.221. The molecule has 1 aliphatic heterocycles. The molecule has 0 aliphatic carbocycles. The molecule has 0 saturated carbocycles. The molecule has 2 nitrogen and oxygen atoms in total. The Balaban J connectivity index is 1.86. The third kappa shape index (κ3) is 3.50. The van der Waals surface area contributed by atoms with Crippen molar-refractivity contribution in [1.29, 1.82) is 0 Å². The highest BCUT2D eigenvalue weighted by molar-refractivity contribution is 9.10. The molecule has 1 N–H and O–H groups in total. The predicted molar refractivity (Wildman–Crippen MR) is 69.4 cm³/mol. The number of nitrogens with one attached hydrogen (secondary N) is 1. The third-order valence-corrected chi connectivity index (χ3v) is 3.74. The Morgan fingerprint density at radius 1 is 1.59 bits per heavy atom. The van der Waals surface area contributed by atoms with Crippen molar-refractivity contribution in [1.82, 2.24) is 5.32 Å². The van der Waals surface area contributed by atoms with E-state index in [-0.39, 0.29) is 5.82 Å². The summed E-state index contributed by atoms with van der Waals surface area (Å²) in [5, 5.41) is 3.42. The lowest BCUT2D eigenvalue weighted by molar-refractivity contribution is 0.0832. The van der Waals surface area contributed by atoms with Crippen LogP contribution in [-0.4, -0.2) is 18.8 Å². The Bertz CT molecular complexity index is 380. The van der Waals surface area contributed by atoms with Gasteiger partial charge in [-0.15, -0.1) is 0 Å². The topological polar surface area (TPSA) is 21.3 Å². The van der Waals surface area contributed by atoms with E-state index in [1.807, 2.05) is 6.07 Å².